The lowest BCUT2D eigenvalue weighted by Gasteiger charge is -2.26. The van der Waals surface area contributed by atoms with Gasteiger partial charge in [-0.15, -0.1) is 0 Å². The van der Waals surface area contributed by atoms with Crippen LogP contribution < -0.4 is 5.32 Å². The van der Waals surface area contributed by atoms with Gasteiger partial charge in [-0.1, -0.05) is 32.6 Å². The molecule has 0 unspecified atom stereocenters. The number of fused-ring (bicyclic) bond motifs is 1. The smallest absolute Gasteiger partial charge is 0.106 e. The average molecular weight is 261 g/mol. The van der Waals surface area contributed by atoms with Gasteiger partial charge in [-0.3, -0.25) is 0 Å². The van der Waals surface area contributed by atoms with Crippen molar-refractivity contribution in [3.8, 4) is 0 Å². The zero-order valence-corrected chi connectivity index (χ0v) is 12.4. The minimum atomic E-state index is 0.954. The molecule has 106 valence electrons. The van der Waals surface area contributed by atoms with E-state index >= 15 is 0 Å². The molecule has 0 atom stereocenters. The summed E-state index contributed by atoms with van der Waals surface area (Å²) in [5.74, 6) is 3.14. The summed E-state index contributed by atoms with van der Waals surface area (Å²) in [6, 6.07) is 0. The van der Waals surface area contributed by atoms with Gasteiger partial charge in [-0.05, 0) is 25.2 Å². The Bertz CT molecular complexity index is 427. The zero-order valence-electron chi connectivity index (χ0n) is 12.4. The first kappa shape index (κ1) is 13.2. The average Bonchev–Trinajstić information content (AvgIpc) is 2.74. The number of aromatic nitrogens is 2. The monoisotopic (exact) mass is 261 g/mol. The molecule has 0 saturated heterocycles. The molecule has 0 radical (unpaired) electrons. The van der Waals surface area contributed by atoms with Gasteiger partial charge in [0, 0.05) is 31.7 Å². The van der Waals surface area contributed by atoms with Crippen LogP contribution in [0.15, 0.2) is 0 Å². The quantitative estimate of drug-likeness (QED) is 0.906. The first-order valence-electron chi connectivity index (χ1n) is 7.99. The van der Waals surface area contributed by atoms with Crippen LogP contribution in [0.2, 0.25) is 0 Å². The van der Waals surface area contributed by atoms with Crippen LogP contribution in [0.1, 0.15) is 56.2 Å². The Morgan fingerprint density at radius 2 is 2.05 bits per heavy atom. The lowest BCUT2D eigenvalue weighted by atomic mass is 9.81. The second kappa shape index (κ2) is 5.66. The molecule has 19 heavy (non-hydrogen) atoms. The molecule has 3 heteroatoms. The van der Waals surface area contributed by atoms with Crippen molar-refractivity contribution >= 4 is 0 Å². The van der Waals surface area contributed by atoms with Crippen LogP contribution in [0.5, 0.6) is 0 Å². The SMILES string of the molecule is Cc1nc2c(n1CCC1CCC(C)CC1)CCNC2. The van der Waals surface area contributed by atoms with Crippen molar-refractivity contribution in [2.24, 2.45) is 11.8 Å². The fourth-order valence-corrected chi connectivity index (χ4v) is 3.73. The van der Waals surface area contributed by atoms with Crippen LogP contribution in [0, 0.1) is 18.8 Å². The van der Waals surface area contributed by atoms with E-state index in [0.717, 1.165) is 31.3 Å². The minimum Gasteiger partial charge on any atom is -0.332 e. The maximum atomic E-state index is 4.73. The Morgan fingerprint density at radius 3 is 2.84 bits per heavy atom. The molecular weight excluding hydrogens is 234 g/mol. The van der Waals surface area contributed by atoms with Crippen molar-refractivity contribution in [2.75, 3.05) is 6.54 Å². The highest BCUT2D eigenvalue weighted by molar-refractivity contribution is 5.19. The highest BCUT2D eigenvalue weighted by Crippen LogP contribution is 2.31. The fourth-order valence-electron chi connectivity index (χ4n) is 3.73. The van der Waals surface area contributed by atoms with Crippen LogP contribution in [0.25, 0.3) is 0 Å². The Hall–Kier alpha value is -0.830. The molecule has 0 aromatic carbocycles. The summed E-state index contributed by atoms with van der Waals surface area (Å²) in [5, 5.41) is 3.42. The predicted octanol–water partition coefficient (Wildman–Crippen LogP) is 3.05. The third-order valence-corrected chi connectivity index (χ3v) is 5.07. The summed E-state index contributed by atoms with van der Waals surface area (Å²) in [5.41, 5.74) is 2.79. The Morgan fingerprint density at radius 1 is 1.26 bits per heavy atom. The van der Waals surface area contributed by atoms with Gasteiger partial charge < -0.3 is 9.88 Å². The number of hydrogen-bond acceptors (Lipinski definition) is 2. The van der Waals surface area contributed by atoms with Gasteiger partial charge >= 0.3 is 0 Å². The number of nitrogens with zero attached hydrogens (tertiary/aromatic N) is 2. The molecular formula is C16H27N3. The van der Waals surface area contributed by atoms with E-state index in [-0.39, 0.29) is 0 Å². The summed E-state index contributed by atoms with van der Waals surface area (Å²) in [4.78, 5) is 4.73. The molecule has 0 spiro atoms. The van der Waals surface area contributed by atoms with Crippen LogP contribution in [0.4, 0.5) is 0 Å². The maximum Gasteiger partial charge on any atom is 0.106 e. The topological polar surface area (TPSA) is 29.9 Å². The van der Waals surface area contributed by atoms with E-state index in [1.807, 2.05) is 0 Å². The maximum absolute atomic E-state index is 4.73. The van der Waals surface area contributed by atoms with Gasteiger partial charge in [0.25, 0.3) is 0 Å². The number of hydrogen-bond donors (Lipinski definition) is 1. The summed E-state index contributed by atoms with van der Waals surface area (Å²) < 4.78 is 2.49. The van der Waals surface area contributed by atoms with Crippen molar-refractivity contribution in [3.05, 3.63) is 17.2 Å². The lowest BCUT2D eigenvalue weighted by Crippen LogP contribution is -2.25. The molecule has 1 fully saturated rings. The molecule has 1 saturated carbocycles. The van der Waals surface area contributed by atoms with E-state index in [1.165, 1.54) is 55.9 Å². The Kier molecular flexibility index (Phi) is 3.92. The molecule has 2 heterocycles. The van der Waals surface area contributed by atoms with Gasteiger partial charge in [-0.2, -0.15) is 0 Å². The van der Waals surface area contributed by atoms with Crippen molar-refractivity contribution in [2.45, 2.75) is 65.5 Å². The second-order valence-electron chi connectivity index (χ2n) is 6.55. The molecule has 1 N–H and O–H groups in total. The molecule has 2 aliphatic rings. The third kappa shape index (κ3) is 2.86. The van der Waals surface area contributed by atoms with Crippen molar-refractivity contribution < 1.29 is 0 Å². The summed E-state index contributed by atoms with van der Waals surface area (Å²) in [7, 11) is 0. The number of nitrogens with one attached hydrogen (secondary N) is 1. The van der Waals surface area contributed by atoms with E-state index in [4.69, 9.17) is 4.98 Å². The van der Waals surface area contributed by atoms with Crippen molar-refractivity contribution in [3.63, 3.8) is 0 Å². The highest BCUT2D eigenvalue weighted by Gasteiger charge is 2.21. The largest absolute Gasteiger partial charge is 0.332 e. The standard InChI is InChI=1S/C16H27N3/c1-12-3-5-14(6-4-12)8-10-19-13(2)18-15-11-17-9-7-16(15)19/h12,14,17H,3-11H2,1-2H3. The highest BCUT2D eigenvalue weighted by atomic mass is 15.1. The van der Waals surface area contributed by atoms with Gasteiger partial charge in [0.15, 0.2) is 0 Å². The molecule has 1 aromatic rings. The molecule has 3 nitrogen and oxygen atoms in total. The van der Waals surface area contributed by atoms with Crippen LogP contribution in [0.3, 0.4) is 0 Å². The van der Waals surface area contributed by atoms with E-state index in [1.54, 1.807) is 0 Å². The second-order valence-corrected chi connectivity index (χ2v) is 6.55. The third-order valence-electron chi connectivity index (χ3n) is 5.07. The number of rotatable bonds is 3. The van der Waals surface area contributed by atoms with E-state index in [0.29, 0.717) is 0 Å². The fraction of sp³-hybridized carbons (Fsp3) is 0.812. The Balaban J connectivity index is 1.62. The summed E-state index contributed by atoms with van der Waals surface area (Å²) >= 11 is 0. The van der Waals surface area contributed by atoms with E-state index in [9.17, 15) is 0 Å². The number of aryl methyl sites for hydroxylation is 1. The summed E-state index contributed by atoms with van der Waals surface area (Å²) in [6.07, 6.45) is 8.27. The Labute approximate surface area is 116 Å². The van der Waals surface area contributed by atoms with Crippen LogP contribution in [-0.2, 0) is 19.5 Å². The van der Waals surface area contributed by atoms with Crippen molar-refractivity contribution in [1.29, 1.82) is 0 Å². The van der Waals surface area contributed by atoms with Gasteiger partial charge in [0.1, 0.15) is 5.82 Å². The summed E-state index contributed by atoms with van der Waals surface area (Å²) in [6.45, 7) is 7.83. The minimum absolute atomic E-state index is 0.954. The predicted molar refractivity (Wildman–Crippen MR) is 78.1 cm³/mol. The lowest BCUT2D eigenvalue weighted by molar-refractivity contribution is 0.267. The van der Waals surface area contributed by atoms with Crippen molar-refractivity contribution in [1.82, 2.24) is 14.9 Å². The van der Waals surface area contributed by atoms with Crippen LogP contribution >= 0.6 is 0 Å². The zero-order chi connectivity index (χ0) is 13.2. The van der Waals surface area contributed by atoms with Gasteiger partial charge in [-0.25, -0.2) is 4.98 Å². The molecule has 1 aliphatic heterocycles. The van der Waals surface area contributed by atoms with Gasteiger partial charge in [0.2, 0.25) is 0 Å². The molecule has 3 rings (SSSR count). The van der Waals surface area contributed by atoms with E-state index < -0.39 is 0 Å². The van der Waals surface area contributed by atoms with E-state index in [2.05, 4.69) is 23.7 Å². The normalized spacial score (nSPS) is 27.3. The first-order valence-corrected chi connectivity index (χ1v) is 7.99. The molecule has 1 aromatic heterocycles. The van der Waals surface area contributed by atoms with Crippen LogP contribution in [-0.4, -0.2) is 16.1 Å². The number of imidazole rings is 1. The molecule has 1 aliphatic carbocycles. The first-order chi connectivity index (χ1) is 9.24. The van der Waals surface area contributed by atoms with Gasteiger partial charge in [0.05, 0.1) is 5.69 Å². The molecule has 0 amide bonds. The molecule has 0 bridgehead atoms.